The molecule has 1 heterocycles. The standard InChI is InChI=1S/C25H24ClFN4OS/c1-30(15-18-9-11-21(27)12-10-18)16-24-28-29-25(33-17-19-5-3-6-20(26)13-19)31(24)22-7-4-8-23(14-22)32-2/h3-14H,15-17H2,1-2H3. The molecule has 0 atom stereocenters. The van der Waals surface area contributed by atoms with Gasteiger partial charge in [0.05, 0.1) is 19.3 Å². The molecule has 0 bridgehead atoms. The first kappa shape index (κ1) is 23.3. The molecule has 4 aromatic rings. The van der Waals surface area contributed by atoms with Crippen LogP contribution in [0.3, 0.4) is 0 Å². The number of halogens is 2. The van der Waals surface area contributed by atoms with Gasteiger partial charge in [0.1, 0.15) is 11.6 Å². The topological polar surface area (TPSA) is 43.2 Å². The van der Waals surface area contributed by atoms with Crippen LogP contribution in [0.15, 0.2) is 78.0 Å². The van der Waals surface area contributed by atoms with Crippen LogP contribution in [0, 0.1) is 5.82 Å². The summed E-state index contributed by atoms with van der Waals surface area (Å²) in [7, 11) is 3.66. The molecule has 0 fully saturated rings. The first-order valence-corrected chi connectivity index (χ1v) is 11.8. The van der Waals surface area contributed by atoms with Gasteiger partial charge in [-0.05, 0) is 54.6 Å². The van der Waals surface area contributed by atoms with Crippen LogP contribution >= 0.6 is 23.4 Å². The van der Waals surface area contributed by atoms with Gasteiger partial charge in [0.25, 0.3) is 0 Å². The number of aromatic nitrogens is 3. The third-order valence-corrected chi connectivity index (χ3v) is 6.28. The highest BCUT2D eigenvalue weighted by Crippen LogP contribution is 2.28. The zero-order chi connectivity index (χ0) is 23.2. The Hall–Kier alpha value is -2.87. The van der Waals surface area contributed by atoms with Crippen LogP contribution in [0.5, 0.6) is 5.75 Å². The van der Waals surface area contributed by atoms with Gasteiger partial charge in [-0.15, -0.1) is 10.2 Å². The number of hydrogen-bond donors (Lipinski definition) is 0. The smallest absolute Gasteiger partial charge is 0.196 e. The Bertz CT molecular complexity index is 1220. The van der Waals surface area contributed by atoms with Gasteiger partial charge >= 0.3 is 0 Å². The minimum absolute atomic E-state index is 0.236. The lowest BCUT2D eigenvalue weighted by Crippen LogP contribution is -2.20. The number of rotatable bonds is 9. The minimum Gasteiger partial charge on any atom is -0.497 e. The van der Waals surface area contributed by atoms with Crippen molar-refractivity contribution in [3.8, 4) is 11.4 Å². The highest BCUT2D eigenvalue weighted by molar-refractivity contribution is 7.98. The van der Waals surface area contributed by atoms with Crippen molar-refractivity contribution in [1.82, 2.24) is 19.7 Å². The Morgan fingerprint density at radius 2 is 1.76 bits per heavy atom. The summed E-state index contributed by atoms with van der Waals surface area (Å²) in [6.07, 6.45) is 0. The Morgan fingerprint density at radius 3 is 2.52 bits per heavy atom. The number of ether oxygens (including phenoxy) is 1. The first-order chi connectivity index (χ1) is 16.0. The fraction of sp³-hybridized carbons (Fsp3) is 0.200. The molecule has 33 heavy (non-hydrogen) atoms. The third-order valence-electron chi connectivity index (χ3n) is 5.05. The summed E-state index contributed by atoms with van der Waals surface area (Å²) >= 11 is 7.74. The Balaban J connectivity index is 1.59. The second-order valence-electron chi connectivity index (χ2n) is 7.65. The third kappa shape index (κ3) is 6.13. The molecule has 0 aliphatic rings. The number of hydrogen-bond acceptors (Lipinski definition) is 5. The van der Waals surface area contributed by atoms with Crippen LogP contribution in [0.1, 0.15) is 17.0 Å². The van der Waals surface area contributed by atoms with Crippen LogP contribution in [0.25, 0.3) is 5.69 Å². The summed E-state index contributed by atoms with van der Waals surface area (Å²) in [6.45, 7) is 1.23. The highest BCUT2D eigenvalue weighted by atomic mass is 35.5. The maximum absolute atomic E-state index is 13.2. The van der Waals surface area contributed by atoms with Crippen LogP contribution in [-0.4, -0.2) is 33.8 Å². The van der Waals surface area contributed by atoms with E-state index in [-0.39, 0.29) is 5.82 Å². The van der Waals surface area contributed by atoms with Gasteiger partial charge < -0.3 is 4.74 Å². The monoisotopic (exact) mass is 482 g/mol. The van der Waals surface area contributed by atoms with Crippen molar-refractivity contribution in [3.63, 3.8) is 0 Å². The van der Waals surface area contributed by atoms with E-state index in [1.807, 2.05) is 55.6 Å². The average Bonchev–Trinajstić information content (AvgIpc) is 3.21. The molecule has 5 nitrogen and oxygen atoms in total. The molecule has 0 aliphatic heterocycles. The van der Waals surface area contributed by atoms with Gasteiger partial charge in [0, 0.05) is 23.4 Å². The van der Waals surface area contributed by atoms with Crippen LogP contribution in [0.2, 0.25) is 5.02 Å². The molecule has 0 radical (unpaired) electrons. The Labute approximate surface area is 202 Å². The summed E-state index contributed by atoms with van der Waals surface area (Å²) in [5.74, 6) is 2.05. The highest BCUT2D eigenvalue weighted by Gasteiger charge is 2.17. The zero-order valence-corrected chi connectivity index (χ0v) is 20.0. The Kier molecular flexibility index (Phi) is 7.65. The van der Waals surface area contributed by atoms with E-state index in [9.17, 15) is 4.39 Å². The fourth-order valence-electron chi connectivity index (χ4n) is 3.48. The predicted octanol–water partition coefficient (Wildman–Crippen LogP) is 5.99. The van der Waals surface area contributed by atoms with Crippen LogP contribution in [0.4, 0.5) is 4.39 Å². The van der Waals surface area contributed by atoms with Crippen molar-refractivity contribution < 1.29 is 9.13 Å². The van der Waals surface area contributed by atoms with Crippen LogP contribution in [-0.2, 0) is 18.8 Å². The van der Waals surface area contributed by atoms with Crippen molar-refractivity contribution in [3.05, 3.63) is 101 Å². The summed E-state index contributed by atoms with van der Waals surface area (Å²) in [4.78, 5) is 2.12. The molecular formula is C25H24ClFN4OS. The SMILES string of the molecule is COc1cccc(-n2c(CN(C)Cc3ccc(F)cc3)nnc2SCc2cccc(Cl)c2)c1. The van der Waals surface area contributed by atoms with Crippen molar-refractivity contribution in [2.75, 3.05) is 14.2 Å². The number of benzene rings is 3. The summed E-state index contributed by atoms with van der Waals surface area (Å²) in [5.41, 5.74) is 3.07. The molecule has 8 heteroatoms. The van der Waals surface area contributed by atoms with E-state index in [4.69, 9.17) is 16.3 Å². The Morgan fingerprint density at radius 1 is 0.970 bits per heavy atom. The van der Waals surface area contributed by atoms with Crippen molar-refractivity contribution in [2.24, 2.45) is 0 Å². The van der Waals surface area contributed by atoms with E-state index in [0.717, 1.165) is 33.5 Å². The summed E-state index contributed by atoms with van der Waals surface area (Å²) in [5, 5.41) is 10.5. The molecule has 1 aromatic heterocycles. The van der Waals surface area contributed by atoms with Gasteiger partial charge in [-0.25, -0.2) is 4.39 Å². The normalized spacial score (nSPS) is 11.2. The quantitative estimate of drug-likeness (QED) is 0.274. The second-order valence-corrected chi connectivity index (χ2v) is 9.03. The largest absolute Gasteiger partial charge is 0.497 e. The molecule has 170 valence electrons. The van der Waals surface area contributed by atoms with E-state index >= 15 is 0 Å². The maximum atomic E-state index is 13.2. The maximum Gasteiger partial charge on any atom is 0.196 e. The number of nitrogens with zero attached hydrogens (tertiary/aromatic N) is 4. The fourth-order valence-corrected chi connectivity index (χ4v) is 4.61. The van der Waals surface area contributed by atoms with Gasteiger partial charge in [0.2, 0.25) is 0 Å². The molecule has 0 amide bonds. The second kappa shape index (κ2) is 10.8. The molecule has 3 aromatic carbocycles. The van der Waals surface area contributed by atoms with E-state index < -0.39 is 0 Å². The number of methoxy groups -OCH3 is 1. The van der Waals surface area contributed by atoms with E-state index in [0.29, 0.717) is 23.9 Å². The van der Waals surface area contributed by atoms with Crippen molar-refractivity contribution in [2.45, 2.75) is 24.0 Å². The lowest BCUT2D eigenvalue weighted by Gasteiger charge is -2.18. The molecule has 0 aliphatic carbocycles. The summed E-state index contributed by atoms with van der Waals surface area (Å²) in [6, 6.07) is 22.2. The molecule has 0 spiro atoms. The lowest BCUT2D eigenvalue weighted by atomic mass is 10.2. The van der Waals surface area contributed by atoms with Crippen molar-refractivity contribution >= 4 is 23.4 Å². The molecular weight excluding hydrogens is 459 g/mol. The minimum atomic E-state index is -0.236. The molecule has 4 rings (SSSR count). The first-order valence-electron chi connectivity index (χ1n) is 10.4. The van der Waals surface area contributed by atoms with E-state index in [2.05, 4.69) is 19.7 Å². The molecule has 0 saturated carbocycles. The zero-order valence-electron chi connectivity index (χ0n) is 18.4. The molecule has 0 unspecified atom stereocenters. The van der Waals surface area contributed by atoms with E-state index in [1.165, 1.54) is 12.1 Å². The van der Waals surface area contributed by atoms with Gasteiger partial charge in [-0.1, -0.05) is 53.7 Å². The summed E-state index contributed by atoms with van der Waals surface area (Å²) < 4.78 is 20.7. The van der Waals surface area contributed by atoms with Crippen molar-refractivity contribution in [1.29, 1.82) is 0 Å². The lowest BCUT2D eigenvalue weighted by molar-refractivity contribution is 0.308. The predicted molar refractivity (Wildman–Crippen MR) is 130 cm³/mol. The van der Waals surface area contributed by atoms with Crippen LogP contribution < -0.4 is 4.74 Å². The average molecular weight is 483 g/mol. The van der Waals surface area contributed by atoms with Gasteiger partial charge in [-0.3, -0.25) is 9.47 Å². The van der Waals surface area contributed by atoms with Gasteiger partial charge in [0.15, 0.2) is 11.0 Å². The van der Waals surface area contributed by atoms with E-state index in [1.54, 1.807) is 31.0 Å². The molecule has 0 saturated heterocycles. The van der Waals surface area contributed by atoms with Gasteiger partial charge in [-0.2, -0.15) is 0 Å². The molecule has 0 N–H and O–H groups in total. The number of thioether (sulfide) groups is 1.